The first kappa shape index (κ1) is 8.70. The van der Waals surface area contributed by atoms with Crippen LogP contribution in [0.4, 0.5) is 0 Å². The van der Waals surface area contributed by atoms with Crippen LogP contribution in [0, 0.1) is 5.16 Å². The van der Waals surface area contributed by atoms with Crippen molar-refractivity contribution < 1.29 is 9.59 Å². The van der Waals surface area contributed by atoms with Gasteiger partial charge >= 0.3 is 5.52 Å². The zero-order valence-corrected chi connectivity index (χ0v) is 7.94. The third-order valence-electron chi connectivity index (χ3n) is 1.54. The van der Waals surface area contributed by atoms with Crippen molar-refractivity contribution in [3.8, 4) is 0 Å². The number of rotatable bonds is 1. The third kappa shape index (κ3) is 1.61. The van der Waals surface area contributed by atoms with Crippen LogP contribution < -0.4 is 0 Å². The second-order valence-electron chi connectivity index (χ2n) is 2.30. The molecule has 1 rings (SSSR count). The van der Waals surface area contributed by atoms with Crippen molar-refractivity contribution in [2.24, 2.45) is 0 Å². The summed E-state index contributed by atoms with van der Waals surface area (Å²) in [5.74, 6) is 0. The van der Waals surface area contributed by atoms with Crippen molar-refractivity contribution in [1.82, 2.24) is 0 Å². The van der Waals surface area contributed by atoms with E-state index in [9.17, 15) is 9.59 Å². The predicted octanol–water partition coefficient (Wildman–Crippen LogP) is 2.23. The Kier molecular flexibility index (Phi) is 2.64. The maximum Gasteiger partial charge on any atom is 0.308 e. The first-order valence-corrected chi connectivity index (χ1v) is 6.39. The fourth-order valence-electron chi connectivity index (χ4n) is 0.862. The maximum atomic E-state index is 11.2. The van der Waals surface area contributed by atoms with E-state index in [1.165, 1.54) is 0 Å². The Labute approximate surface area is 67.2 Å². The average molecular weight is 188 g/mol. The Morgan fingerprint density at radius 1 is 1.64 bits per heavy atom. The van der Waals surface area contributed by atoms with Crippen LogP contribution in [0.25, 0.3) is 0 Å². The highest BCUT2D eigenvalue weighted by molar-refractivity contribution is 8.33. The number of nitrogens with one attached hydrogen (secondary N) is 1. The molecule has 1 aliphatic heterocycles. The molecule has 1 unspecified atom stereocenters. The number of carbonyl (C=O) groups is 2. The van der Waals surface area contributed by atoms with Gasteiger partial charge in [-0.3, -0.25) is 4.79 Å². The van der Waals surface area contributed by atoms with E-state index in [1.54, 1.807) is 13.0 Å². The van der Waals surface area contributed by atoms with Gasteiger partial charge in [-0.05, 0) is 6.92 Å². The second kappa shape index (κ2) is 3.34. The van der Waals surface area contributed by atoms with Crippen LogP contribution in [-0.4, -0.2) is 11.0 Å². The molecule has 1 N–H and O–H groups in total. The van der Waals surface area contributed by atoms with Gasteiger partial charge in [0.1, 0.15) is 0 Å². The highest BCUT2D eigenvalue weighted by Crippen LogP contribution is 2.55. The van der Waals surface area contributed by atoms with Crippen molar-refractivity contribution in [3.05, 3.63) is 11.6 Å². The van der Waals surface area contributed by atoms with Crippen LogP contribution in [-0.2, 0) is 9.59 Å². The summed E-state index contributed by atoms with van der Waals surface area (Å²) in [6.07, 6.45) is 2.02. The lowest BCUT2D eigenvalue weighted by molar-refractivity contribution is -0.112. The van der Waals surface area contributed by atoms with Crippen LogP contribution in [0.2, 0.25) is 0 Å². The summed E-state index contributed by atoms with van der Waals surface area (Å²) in [4.78, 5) is 22.2. The normalized spacial score (nSPS) is 25.5. The van der Waals surface area contributed by atoms with Gasteiger partial charge < -0.3 is 0 Å². The molecule has 0 aromatic rings. The van der Waals surface area contributed by atoms with Crippen LogP contribution in [0.1, 0.15) is 13.3 Å². The second-order valence-corrected chi connectivity index (χ2v) is 6.25. The fourth-order valence-corrected chi connectivity index (χ4v) is 3.59. The van der Waals surface area contributed by atoms with Gasteiger partial charge in [0.15, 0.2) is 0 Å². The molecule has 0 saturated heterocycles. The Morgan fingerprint density at radius 2 is 2.27 bits per heavy atom. The highest BCUT2D eigenvalue weighted by atomic mass is 32.0. The maximum absolute atomic E-state index is 11.2. The average Bonchev–Trinajstić information content (AvgIpc) is 1.99. The van der Waals surface area contributed by atoms with E-state index in [4.69, 9.17) is 5.16 Å². The lowest BCUT2D eigenvalue weighted by Crippen LogP contribution is -2.07. The van der Waals surface area contributed by atoms with Crippen molar-refractivity contribution in [1.29, 1.82) is 5.16 Å². The van der Waals surface area contributed by atoms with Crippen molar-refractivity contribution in [2.75, 3.05) is 0 Å². The van der Waals surface area contributed by atoms with Gasteiger partial charge in [0.2, 0.25) is 15.7 Å². The van der Waals surface area contributed by atoms with Gasteiger partial charge in [0.25, 0.3) is 5.52 Å². The number of hydrogen-bond acceptors (Lipinski definition) is 3. The summed E-state index contributed by atoms with van der Waals surface area (Å²) in [7, 11) is -1.48. The van der Waals surface area contributed by atoms with Crippen LogP contribution >= 0.6 is 15.7 Å². The zero-order valence-electron chi connectivity index (χ0n) is 6.05. The molecule has 0 saturated carbocycles. The van der Waals surface area contributed by atoms with Gasteiger partial charge in [-0.1, -0.05) is 6.08 Å². The molecule has 0 aromatic carbocycles. The van der Waals surface area contributed by atoms with Crippen LogP contribution in [0.15, 0.2) is 11.6 Å². The first-order chi connectivity index (χ1) is 5.16. The van der Waals surface area contributed by atoms with Crippen molar-refractivity contribution >= 4 is 26.7 Å². The van der Waals surface area contributed by atoms with E-state index in [0.717, 1.165) is 0 Å². The molecule has 3 nitrogen and oxygen atoms in total. The molecule has 0 amide bonds. The first-order valence-electron chi connectivity index (χ1n) is 3.16. The van der Waals surface area contributed by atoms with E-state index in [2.05, 4.69) is 0 Å². The van der Waals surface area contributed by atoms with E-state index in [-0.39, 0.29) is 19.1 Å². The lowest BCUT2D eigenvalue weighted by Gasteiger charge is -2.04. The Balaban J connectivity index is 2.97. The topological polar surface area (TPSA) is 58.0 Å². The van der Waals surface area contributed by atoms with Crippen molar-refractivity contribution in [3.63, 3.8) is 0 Å². The highest BCUT2D eigenvalue weighted by Gasteiger charge is 2.37. The predicted molar refractivity (Wildman–Crippen MR) is 46.3 cm³/mol. The summed E-state index contributed by atoms with van der Waals surface area (Å²) in [6, 6.07) is 0. The molecule has 0 radical (unpaired) electrons. The molecule has 1 atom stereocenters. The number of carbonyl (C=O) groups excluding carboxylic acids is 2. The molecule has 1 aliphatic rings. The lowest BCUT2D eigenvalue weighted by atomic mass is 10.2. The van der Waals surface area contributed by atoms with E-state index in [1.807, 2.05) is 0 Å². The zero-order chi connectivity index (χ0) is 8.43. The summed E-state index contributed by atoms with van der Waals surface area (Å²) in [5, 5.41) is 7.00. The Morgan fingerprint density at radius 3 is 2.73 bits per heavy atom. The van der Waals surface area contributed by atoms with E-state index >= 15 is 0 Å². The SMILES string of the molecule is CC1=CCC(=O)[PH+](P=N)C1=O. The standard InChI is InChI=1S/C6H7NO2P2/c1-4-2-3-5(8)11(10-7)6(4)9/h2,7H,3H2,1H3/p+1. The van der Waals surface area contributed by atoms with Gasteiger partial charge in [0, 0.05) is 5.57 Å². The largest absolute Gasteiger partial charge is 0.308 e. The van der Waals surface area contributed by atoms with Gasteiger partial charge in [-0.2, -0.15) is 0 Å². The molecule has 5 heteroatoms. The number of allylic oxidation sites excluding steroid dienone is 2. The van der Waals surface area contributed by atoms with E-state index < -0.39 is 7.61 Å². The summed E-state index contributed by atoms with van der Waals surface area (Å²) >= 11 is 0. The van der Waals surface area contributed by atoms with Crippen molar-refractivity contribution in [2.45, 2.75) is 13.3 Å². The molecule has 0 bridgehead atoms. The Bertz CT molecular complexity index is 259. The molecule has 1 heterocycles. The molecule has 0 aromatic heterocycles. The van der Waals surface area contributed by atoms with Crippen LogP contribution in [0.3, 0.4) is 0 Å². The quantitative estimate of drug-likeness (QED) is 0.641. The summed E-state index contributed by atoms with van der Waals surface area (Å²) < 4.78 is 0. The number of hydrogen-bond donors (Lipinski definition) is 1. The molecule has 0 aliphatic carbocycles. The minimum absolute atomic E-state index is 0.0257. The molecular weight excluding hydrogens is 180 g/mol. The Hall–Kier alpha value is -0.390. The van der Waals surface area contributed by atoms with Gasteiger partial charge in [-0.25, -0.2) is 9.96 Å². The minimum Gasteiger partial charge on any atom is -0.252 e. The molecule has 11 heavy (non-hydrogen) atoms. The molecular formula is C6H8NO2P2+. The minimum atomic E-state index is -1.70. The third-order valence-corrected chi connectivity index (χ3v) is 5.35. The smallest absolute Gasteiger partial charge is 0.252 e. The van der Waals surface area contributed by atoms with Gasteiger partial charge in [0.05, 0.1) is 6.42 Å². The molecule has 0 spiro atoms. The summed E-state index contributed by atoms with van der Waals surface area (Å²) in [5.41, 5.74) is 0.559. The fraction of sp³-hybridized carbons (Fsp3) is 0.333. The van der Waals surface area contributed by atoms with E-state index in [0.29, 0.717) is 12.0 Å². The van der Waals surface area contributed by atoms with Crippen LogP contribution in [0.5, 0.6) is 0 Å². The monoisotopic (exact) mass is 188 g/mol. The molecule has 0 fully saturated rings. The summed E-state index contributed by atoms with van der Waals surface area (Å²) in [6.45, 7) is 1.71. The molecule has 58 valence electrons. The van der Waals surface area contributed by atoms with Gasteiger partial charge in [-0.15, -0.1) is 0 Å².